The maximum absolute atomic E-state index is 12.6. The number of carbonyl (C=O) groups excluding carboxylic acids is 1. The second-order valence-electron chi connectivity index (χ2n) is 6.28. The van der Waals surface area contributed by atoms with E-state index in [9.17, 15) is 4.79 Å². The molecule has 126 valence electrons. The molecule has 0 spiro atoms. The Morgan fingerprint density at radius 2 is 2.30 bits per heavy atom. The molecular weight excluding hydrogens is 360 g/mol. The molecule has 0 saturated heterocycles. The number of hydrogen-bond acceptors (Lipinski definition) is 3. The zero-order valence-corrected chi connectivity index (χ0v) is 14.7. The van der Waals surface area contributed by atoms with E-state index in [2.05, 4.69) is 21.2 Å². The van der Waals surface area contributed by atoms with Crippen molar-refractivity contribution in [1.82, 2.24) is 10.2 Å². The first kappa shape index (κ1) is 16.6. The summed E-state index contributed by atoms with van der Waals surface area (Å²) in [5.41, 5.74) is 1.03. The van der Waals surface area contributed by atoms with E-state index < -0.39 is 0 Å². The van der Waals surface area contributed by atoms with Crippen molar-refractivity contribution in [2.75, 3.05) is 19.8 Å². The Bertz CT molecular complexity index is 567. The summed E-state index contributed by atoms with van der Waals surface area (Å²) in [6, 6.07) is 6.07. The number of aliphatic hydroxyl groups excluding tert-OH is 1. The fourth-order valence-electron chi connectivity index (χ4n) is 3.51. The molecule has 2 N–H and O–H groups in total. The van der Waals surface area contributed by atoms with Gasteiger partial charge in [0.25, 0.3) is 0 Å². The molecule has 0 bridgehead atoms. The summed E-state index contributed by atoms with van der Waals surface area (Å²) in [6.45, 7) is 1.83. The van der Waals surface area contributed by atoms with Crippen LogP contribution < -0.4 is 10.1 Å². The van der Waals surface area contributed by atoms with Crippen LogP contribution in [0.1, 0.15) is 31.2 Å². The predicted octanol–water partition coefficient (Wildman–Crippen LogP) is 2.90. The van der Waals surface area contributed by atoms with Crippen molar-refractivity contribution in [3.63, 3.8) is 0 Å². The van der Waals surface area contributed by atoms with Gasteiger partial charge >= 0.3 is 6.03 Å². The monoisotopic (exact) mass is 382 g/mol. The van der Waals surface area contributed by atoms with Crippen molar-refractivity contribution >= 4 is 22.0 Å². The third-order valence-electron chi connectivity index (χ3n) is 4.76. The number of amides is 2. The molecule has 6 heteroatoms. The van der Waals surface area contributed by atoms with Crippen LogP contribution in [-0.2, 0) is 6.54 Å². The highest BCUT2D eigenvalue weighted by atomic mass is 79.9. The number of carbonyl (C=O) groups is 1. The molecule has 3 rings (SSSR count). The Morgan fingerprint density at radius 3 is 3.13 bits per heavy atom. The minimum Gasteiger partial charge on any atom is -0.491 e. The van der Waals surface area contributed by atoms with E-state index in [1.165, 1.54) is 0 Å². The number of nitrogens with zero attached hydrogens (tertiary/aromatic N) is 1. The molecule has 1 aliphatic heterocycles. The predicted molar refractivity (Wildman–Crippen MR) is 91.4 cm³/mol. The van der Waals surface area contributed by atoms with Gasteiger partial charge in [0, 0.05) is 22.7 Å². The first-order valence-electron chi connectivity index (χ1n) is 8.25. The average molecular weight is 383 g/mol. The maximum atomic E-state index is 12.6. The number of fused-ring (bicyclic) bond motifs is 1. The lowest BCUT2D eigenvalue weighted by Crippen LogP contribution is -2.46. The summed E-state index contributed by atoms with van der Waals surface area (Å²) in [7, 11) is 0. The molecule has 2 unspecified atom stereocenters. The van der Waals surface area contributed by atoms with Crippen molar-refractivity contribution in [2.45, 2.75) is 38.3 Å². The number of halogens is 1. The van der Waals surface area contributed by atoms with E-state index in [-0.39, 0.29) is 18.7 Å². The van der Waals surface area contributed by atoms with E-state index in [1.807, 2.05) is 23.1 Å². The highest BCUT2D eigenvalue weighted by molar-refractivity contribution is 9.10. The topological polar surface area (TPSA) is 61.8 Å². The standard InChI is InChI=1S/C17H23BrN2O3/c18-14-5-4-13-11-20(7-9-23-16(13)10-14)17(22)19-15-3-1-2-12(15)6-8-21/h4-5,10,12,15,21H,1-3,6-9,11H2,(H,19,22). The molecule has 23 heavy (non-hydrogen) atoms. The van der Waals surface area contributed by atoms with Crippen LogP contribution in [-0.4, -0.2) is 41.8 Å². The van der Waals surface area contributed by atoms with Gasteiger partial charge in [-0.25, -0.2) is 4.79 Å². The fourth-order valence-corrected chi connectivity index (χ4v) is 3.85. The lowest BCUT2D eigenvalue weighted by molar-refractivity contribution is 0.177. The van der Waals surface area contributed by atoms with E-state index in [0.717, 1.165) is 41.5 Å². The number of nitrogens with one attached hydrogen (secondary N) is 1. The van der Waals surface area contributed by atoms with Crippen molar-refractivity contribution in [2.24, 2.45) is 5.92 Å². The molecule has 1 aromatic carbocycles. The molecule has 2 amide bonds. The van der Waals surface area contributed by atoms with Gasteiger partial charge < -0.3 is 20.1 Å². The zero-order valence-electron chi connectivity index (χ0n) is 13.1. The van der Waals surface area contributed by atoms with E-state index in [4.69, 9.17) is 9.84 Å². The quantitative estimate of drug-likeness (QED) is 0.844. The highest BCUT2D eigenvalue weighted by Gasteiger charge is 2.30. The van der Waals surface area contributed by atoms with Crippen LogP contribution in [0.2, 0.25) is 0 Å². The van der Waals surface area contributed by atoms with Crippen LogP contribution in [0.5, 0.6) is 5.75 Å². The third-order valence-corrected chi connectivity index (χ3v) is 5.26. The summed E-state index contributed by atoms with van der Waals surface area (Å²) in [5, 5.41) is 12.3. The first-order chi connectivity index (χ1) is 11.2. The number of rotatable bonds is 3. The van der Waals surface area contributed by atoms with Gasteiger partial charge in [-0.1, -0.05) is 28.4 Å². The lowest BCUT2D eigenvalue weighted by atomic mass is 10.0. The number of aliphatic hydroxyl groups is 1. The van der Waals surface area contributed by atoms with Crippen molar-refractivity contribution in [3.8, 4) is 5.75 Å². The number of ether oxygens (including phenoxy) is 1. The number of hydrogen-bond donors (Lipinski definition) is 2. The van der Waals surface area contributed by atoms with E-state index in [0.29, 0.717) is 25.6 Å². The van der Waals surface area contributed by atoms with Crippen LogP contribution >= 0.6 is 15.9 Å². The Morgan fingerprint density at radius 1 is 1.43 bits per heavy atom. The minimum absolute atomic E-state index is 0.0285. The molecule has 1 aromatic rings. The molecule has 1 heterocycles. The van der Waals surface area contributed by atoms with Crippen LogP contribution in [0.15, 0.2) is 22.7 Å². The second-order valence-corrected chi connectivity index (χ2v) is 7.20. The lowest BCUT2D eigenvalue weighted by Gasteiger charge is -2.26. The van der Waals surface area contributed by atoms with Crippen molar-refractivity contribution in [3.05, 3.63) is 28.2 Å². The molecule has 1 saturated carbocycles. The SMILES string of the molecule is O=C(NC1CCCC1CCO)N1CCOc2cc(Br)ccc2C1. The van der Waals surface area contributed by atoms with Gasteiger partial charge in [0.1, 0.15) is 12.4 Å². The number of urea groups is 1. The maximum Gasteiger partial charge on any atom is 0.318 e. The summed E-state index contributed by atoms with van der Waals surface area (Å²) >= 11 is 3.45. The highest BCUT2D eigenvalue weighted by Crippen LogP contribution is 2.29. The summed E-state index contributed by atoms with van der Waals surface area (Å²) in [6.07, 6.45) is 3.98. The smallest absolute Gasteiger partial charge is 0.318 e. The second kappa shape index (κ2) is 7.53. The molecule has 2 aliphatic rings. The van der Waals surface area contributed by atoms with Crippen LogP contribution in [0.25, 0.3) is 0 Å². The Labute approximate surface area is 145 Å². The van der Waals surface area contributed by atoms with Crippen LogP contribution in [0, 0.1) is 5.92 Å². The van der Waals surface area contributed by atoms with Gasteiger partial charge in [-0.2, -0.15) is 0 Å². The average Bonchev–Trinajstić information content (AvgIpc) is 2.84. The zero-order chi connectivity index (χ0) is 16.2. The van der Waals surface area contributed by atoms with Gasteiger partial charge in [0.2, 0.25) is 0 Å². The largest absolute Gasteiger partial charge is 0.491 e. The Kier molecular flexibility index (Phi) is 5.43. The van der Waals surface area contributed by atoms with Crippen LogP contribution in [0.4, 0.5) is 4.79 Å². The Hall–Kier alpha value is -1.27. The molecule has 1 fully saturated rings. The van der Waals surface area contributed by atoms with Gasteiger partial charge in [0.15, 0.2) is 0 Å². The van der Waals surface area contributed by atoms with Crippen molar-refractivity contribution in [1.29, 1.82) is 0 Å². The van der Waals surface area contributed by atoms with Gasteiger partial charge in [-0.05, 0) is 37.3 Å². The molecule has 2 atom stereocenters. The first-order valence-corrected chi connectivity index (χ1v) is 9.04. The van der Waals surface area contributed by atoms with E-state index in [1.54, 1.807) is 0 Å². The summed E-state index contributed by atoms with van der Waals surface area (Å²) in [4.78, 5) is 14.4. The summed E-state index contributed by atoms with van der Waals surface area (Å²) < 4.78 is 6.73. The molecule has 5 nitrogen and oxygen atoms in total. The van der Waals surface area contributed by atoms with E-state index >= 15 is 0 Å². The van der Waals surface area contributed by atoms with Crippen molar-refractivity contribution < 1.29 is 14.6 Å². The molecule has 0 aromatic heterocycles. The molecule has 0 radical (unpaired) electrons. The fraction of sp³-hybridized carbons (Fsp3) is 0.588. The third kappa shape index (κ3) is 3.98. The van der Waals surface area contributed by atoms with Gasteiger partial charge in [-0.3, -0.25) is 0 Å². The minimum atomic E-state index is -0.0285. The molecule has 1 aliphatic carbocycles. The summed E-state index contributed by atoms with van der Waals surface area (Å²) in [5.74, 6) is 1.24. The molecular formula is C17H23BrN2O3. The normalized spacial score (nSPS) is 23.8. The Balaban J connectivity index is 1.64. The van der Waals surface area contributed by atoms with Gasteiger partial charge in [-0.15, -0.1) is 0 Å². The number of benzene rings is 1. The van der Waals surface area contributed by atoms with Crippen LogP contribution in [0.3, 0.4) is 0 Å². The van der Waals surface area contributed by atoms with Gasteiger partial charge in [0.05, 0.1) is 13.1 Å².